The van der Waals surface area contributed by atoms with Crippen molar-refractivity contribution in [2.45, 2.75) is 31.3 Å². The molecule has 1 rings (SSSR count). The van der Waals surface area contributed by atoms with Crippen LogP contribution in [0.1, 0.15) is 18.9 Å². The Morgan fingerprint density at radius 2 is 1.91 bits per heavy atom. The van der Waals surface area contributed by atoms with Crippen LogP contribution in [0.5, 0.6) is 0 Å². The fourth-order valence-corrected chi connectivity index (χ4v) is 2.04. The predicted molar refractivity (Wildman–Crippen MR) is 78.9 cm³/mol. The lowest BCUT2D eigenvalue weighted by molar-refractivity contribution is -0.150. The summed E-state index contributed by atoms with van der Waals surface area (Å²) in [5, 5.41) is 11.2. The first kappa shape index (κ1) is 17.6. The number of carbonyl (C=O) groups excluding carboxylic acids is 2. The number of hydrogen-bond acceptors (Lipinski definition) is 5. The molecule has 0 aromatic heterocycles. The van der Waals surface area contributed by atoms with Crippen molar-refractivity contribution in [3.8, 4) is 0 Å². The highest BCUT2D eigenvalue weighted by molar-refractivity contribution is 5.92. The van der Waals surface area contributed by atoms with Crippen molar-refractivity contribution in [2.75, 3.05) is 7.11 Å². The van der Waals surface area contributed by atoms with Crippen LogP contribution in [0, 0.1) is 0 Å². The third-order valence-electron chi connectivity index (χ3n) is 3.17. The summed E-state index contributed by atoms with van der Waals surface area (Å²) in [6, 6.07) is 7.84. The van der Waals surface area contributed by atoms with Crippen LogP contribution in [0.2, 0.25) is 0 Å². The molecule has 0 saturated carbocycles. The smallest absolute Gasteiger partial charge is 0.331 e. The van der Waals surface area contributed by atoms with Gasteiger partial charge in [-0.15, -0.1) is 0 Å². The van der Waals surface area contributed by atoms with E-state index in [4.69, 9.17) is 15.6 Å². The molecular formula is C15H20N2O5. The fraction of sp³-hybridized carbons (Fsp3) is 0.400. The minimum atomic E-state index is -1.33. The maximum absolute atomic E-state index is 12.0. The number of aliphatic carboxylic acids is 1. The molecule has 1 aromatic rings. The second-order valence-electron chi connectivity index (χ2n) is 5.18. The molecular weight excluding hydrogens is 288 g/mol. The van der Waals surface area contributed by atoms with Crippen LogP contribution in [0.3, 0.4) is 0 Å². The highest BCUT2D eigenvalue weighted by Gasteiger charge is 2.37. The monoisotopic (exact) mass is 308 g/mol. The van der Waals surface area contributed by atoms with E-state index in [0.717, 1.165) is 5.56 Å². The normalized spacial score (nSPS) is 14.5. The van der Waals surface area contributed by atoms with Crippen LogP contribution >= 0.6 is 0 Å². The summed E-state index contributed by atoms with van der Waals surface area (Å²) >= 11 is 0. The number of nitrogens with two attached hydrogens (primary N) is 1. The van der Waals surface area contributed by atoms with Gasteiger partial charge in [-0.05, 0) is 12.5 Å². The molecule has 7 heteroatoms. The highest BCUT2D eigenvalue weighted by Crippen LogP contribution is 2.15. The molecule has 0 radical (unpaired) electrons. The van der Waals surface area contributed by atoms with Gasteiger partial charge in [0.05, 0.1) is 19.6 Å². The Labute approximate surface area is 128 Å². The SMILES string of the molecule is COC(=O)[C@@](C)(Cc1ccccc1)NC(=O)[C@@H](N)CC(=O)O. The van der Waals surface area contributed by atoms with Gasteiger partial charge in [0, 0.05) is 6.42 Å². The van der Waals surface area contributed by atoms with E-state index >= 15 is 0 Å². The molecule has 0 aliphatic carbocycles. The predicted octanol–water partition coefficient (Wildman–Crippen LogP) is 0.0790. The quantitative estimate of drug-likeness (QED) is 0.614. The summed E-state index contributed by atoms with van der Waals surface area (Å²) < 4.78 is 4.74. The Bertz CT molecular complexity index is 546. The van der Waals surface area contributed by atoms with E-state index < -0.39 is 35.8 Å². The fourth-order valence-electron chi connectivity index (χ4n) is 2.04. The van der Waals surface area contributed by atoms with Gasteiger partial charge in [0.2, 0.25) is 5.91 Å². The van der Waals surface area contributed by atoms with Crippen molar-refractivity contribution in [2.24, 2.45) is 5.73 Å². The van der Waals surface area contributed by atoms with Crippen molar-refractivity contribution in [3.63, 3.8) is 0 Å². The lowest BCUT2D eigenvalue weighted by Gasteiger charge is -2.29. The van der Waals surface area contributed by atoms with Crippen LogP contribution < -0.4 is 11.1 Å². The standard InChI is InChI=1S/C15H20N2O5/c1-15(14(21)22-2,9-10-6-4-3-5-7-10)17-13(20)11(16)8-12(18)19/h3-7,11H,8-9,16H2,1-2H3,(H,17,20)(H,18,19)/t11-,15+/m0/s1. The first-order valence-electron chi connectivity index (χ1n) is 6.70. The number of ether oxygens (including phenoxy) is 1. The number of methoxy groups -OCH3 is 1. The molecule has 0 bridgehead atoms. The van der Waals surface area contributed by atoms with Crippen molar-refractivity contribution in [1.82, 2.24) is 5.32 Å². The molecule has 4 N–H and O–H groups in total. The molecule has 0 unspecified atom stereocenters. The second kappa shape index (κ2) is 7.56. The minimum absolute atomic E-state index is 0.200. The molecule has 0 aliphatic heterocycles. The molecule has 22 heavy (non-hydrogen) atoms. The number of carboxylic acids is 1. The average Bonchev–Trinajstić information content (AvgIpc) is 2.46. The molecule has 7 nitrogen and oxygen atoms in total. The van der Waals surface area contributed by atoms with Gasteiger partial charge in [-0.3, -0.25) is 9.59 Å². The van der Waals surface area contributed by atoms with E-state index in [1.165, 1.54) is 14.0 Å². The summed E-state index contributed by atoms with van der Waals surface area (Å²) in [4.78, 5) is 34.6. The Morgan fingerprint density at radius 3 is 2.41 bits per heavy atom. The largest absolute Gasteiger partial charge is 0.481 e. The molecule has 0 spiro atoms. The van der Waals surface area contributed by atoms with Gasteiger partial charge in [0.15, 0.2) is 0 Å². The van der Waals surface area contributed by atoms with E-state index in [0.29, 0.717) is 0 Å². The molecule has 1 amide bonds. The number of amides is 1. The third-order valence-corrected chi connectivity index (χ3v) is 3.17. The Morgan fingerprint density at radius 1 is 1.32 bits per heavy atom. The molecule has 0 fully saturated rings. The van der Waals surface area contributed by atoms with Crippen LogP contribution in [-0.4, -0.2) is 41.6 Å². The maximum Gasteiger partial charge on any atom is 0.331 e. The maximum atomic E-state index is 12.0. The minimum Gasteiger partial charge on any atom is -0.481 e. The molecule has 0 aliphatic rings. The zero-order chi connectivity index (χ0) is 16.8. The zero-order valence-corrected chi connectivity index (χ0v) is 12.5. The second-order valence-corrected chi connectivity index (χ2v) is 5.18. The third kappa shape index (κ3) is 4.85. The van der Waals surface area contributed by atoms with Gasteiger partial charge in [-0.1, -0.05) is 30.3 Å². The summed E-state index contributed by atoms with van der Waals surface area (Å²) in [7, 11) is 1.22. The number of hydrogen-bond donors (Lipinski definition) is 3. The first-order valence-corrected chi connectivity index (χ1v) is 6.70. The average molecular weight is 308 g/mol. The van der Waals surface area contributed by atoms with Gasteiger partial charge in [0.1, 0.15) is 5.54 Å². The lowest BCUT2D eigenvalue weighted by atomic mass is 9.92. The Hall–Kier alpha value is -2.41. The van der Waals surface area contributed by atoms with Gasteiger partial charge in [-0.25, -0.2) is 4.79 Å². The molecule has 120 valence electrons. The Kier molecular flexibility index (Phi) is 6.06. The van der Waals surface area contributed by atoms with Gasteiger partial charge in [0.25, 0.3) is 0 Å². The first-order chi connectivity index (χ1) is 10.3. The molecule has 2 atom stereocenters. The topological polar surface area (TPSA) is 119 Å². The lowest BCUT2D eigenvalue weighted by Crippen LogP contribution is -2.58. The molecule has 0 heterocycles. The van der Waals surface area contributed by atoms with Crippen LogP contribution in [0.25, 0.3) is 0 Å². The van der Waals surface area contributed by atoms with Crippen molar-refractivity contribution in [1.29, 1.82) is 0 Å². The highest BCUT2D eigenvalue weighted by atomic mass is 16.5. The van der Waals surface area contributed by atoms with Crippen molar-refractivity contribution < 1.29 is 24.2 Å². The Balaban J connectivity index is 2.90. The number of carboxylic acid groups (broad SMARTS) is 1. The number of benzene rings is 1. The van der Waals surface area contributed by atoms with Crippen molar-refractivity contribution >= 4 is 17.8 Å². The van der Waals surface area contributed by atoms with Crippen LogP contribution in [0.4, 0.5) is 0 Å². The van der Waals surface area contributed by atoms with E-state index in [9.17, 15) is 14.4 Å². The van der Waals surface area contributed by atoms with Gasteiger partial charge >= 0.3 is 11.9 Å². The summed E-state index contributed by atoms with van der Waals surface area (Å²) in [6.07, 6.45) is -0.319. The van der Waals surface area contributed by atoms with E-state index in [-0.39, 0.29) is 6.42 Å². The van der Waals surface area contributed by atoms with Crippen LogP contribution in [-0.2, 0) is 25.5 Å². The van der Waals surface area contributed by atoms with Crippen LogP contribution in [0.15, 0.2) is 30.3 Å². The van der Waals surface area contributed by atoms with E-state index in [2.05, 4.69) is 5.32 Å². The van der Waals surface area contributed by atoms with E-state index in [1.54, 1.807) is 0 Å². The number of rotatable bonds is 7. The van der Waals surface area contributed by atoms with Gasteiger partial charge in [-0.2, -0.15) is 0 Å². The summed E-state index contributed by atoms with van der Waals surface area (Å²) in [5.74, 6) is -2.54. The number of esters is 1. The van der Waals surface area contributed by atoms with Gasteiger partial charge < -0.3 is 20.9 Å². The van der Waals surface area contributed by atoms with Crippen molar-refractivity contribution in [3.05, 3.63) is 35.9 Å². The summed E-state index contributed by atoms with van der Waals surface area (Å²) in [5.41, 5.74) is 5.01. The van der Waals surface area contributed by atoms with E-state index in [1.807, 2.05) is 30.3 Å². The zero-order valence-electron chi connectivity index (χ0n) is 12.5. The molecule has 0 saturated heterocycles. The summed E-state index contributed by atoms with van der Waals surface area (Å²) in [6.45, 7) is 1.51. The number of nitrogens with one attached hydrogen (secondary N) is 1. The molecule has 1 aromatic carbocycles. The number of carbonyl (C=O) groups is 3.